The molecule has 0 saturated carbocycles. The molecule has 1 amide bonds. The highest BCUT2D eigenvalue weighted by molar-refractivity contribution is 5.78. The van der Waals surface area contributed by atoms with E-state index in [0.717, 1.165) is 5.69 Å². The van der Waals surface area contributed by atoms with E-state index >= 15 is 0 Å². The Hall–Kier alpha value is -2.97. The lowest BCUT2D eigenvalue weighted by atomic mass is 10.00. The molecule has 132 valence electrons. The summed E-state index contributed by atoms with van der Waals surface area (Å²) in [5.74, 6) is -0.181. The van der Waals surface area contributed by atoms with Gasteiger partial charge in [-0.3, -0.25) is 14.7 Å². The predicted molar refractivity (Wildman–Crippen MR) is 89.0 cm³/mol. The quantitative estimate of drug-likeness (QED) is 0.715. The van der Waals surface area contributed by atoms with Crippen LogP contribution in [0.2, 0.25) is 0 Å². The van der Waals surface area contributed by atoms with Crippen molar-refractivity contribution < 1.29 is 9.42 Å². The third kappa shape index (κ3) is 3.44. The summed E-state index contributed by atoms with van der Waals surface area (Å²) in [7, 11) is 0. The van der Waals surface area contributed by atoms with Crippen molar-refractivity contribution in [3.63, 3.8) is 0 Å². The van der Waals surface area contributed by atoms with Crippen LogP contribution >= 0.6 is 0 Å². The van der Waals surface area contributed by atoms with Crippen molar-refractivity contribution in [3.05, 3.63) is 45.3 Å². The summed E-state index contributed by atoms with van der Waals surface area (Å²) in [4.78, 5) is 29.2. The summed E-state index contributed by atoms with van der Waals surface area (Å²) in [6.45, 7) is 7.49. The highest BCUT2D eigenvalue weighted by Gasteiger charge is 2.22. The van der Waals surface area contributed by atoms with Gasteiger partial charge in [-0.2, -0.15) is 0 Å². The summed E-state index contributed by atoms with van der Waals surface area (Å²) in [6.07, 6.45) is 0.0586. The Bertz CT molecular complexity index is 968. The van der Waals surface area contributed by atoms with E-state index in [1.807, 2.05) is 20.8 Å². The molecule has 0 aromatic carbocycles. The Morgan fingerprint density at radius 2 is 2.08 bits per heavy atom. The average molecular weight is 344 g/mol. The number of hydrogen-bond donors (Lipinski definition) is 2. The lowest BCUT2D eigenvalue weighted by molar-refractivity contribution is -0.121. The molecule has 9 heteroatoms. The second kappa shape index (κ2) is 6.50. The highest BCUT2D eigenvalue weighted by atomic mass is 16.6. The van der Waals surface area contributed by atoms with Crippen molar-refractivity contribution in [2.75, 3.05) is 0 Å². The molecule has 3 aromatic rings. The molecule has 1 atom stereocenters. The summed E-state index contributed by atoms with van der Waals surface area (Å²) in [5, 5.41) is 13.2. The van der Waals surface area contributed by atoms with E-state index in [0.29, 0.717) is 22.7 Å². The number of fused-ring (bicyclic) bond motifs is 1. The van der Waals surface area contributed by atoms with Crippen LogP contribution in [0.25, 0.3) is 5.65 Å². The number of aryl methyl sites for hydroxylation is 2. The zero-order valence-corrected chi connectivity index (χ0v) is 14.5. The maximum atomic E-state index is 12.4. The van der Waals surface area contributed by atoms with Gasteiger partial charge in [0.05, 0.1) is 18.2 Å². The third-order valence-corrected chi connectivity index (χ3v) is 3.97. The van der Waals surface area contributed by atoms with Crippen molar-refractivity contribution in [1.82, 2.24) is 30.2 Å². The van der Waals surface area contributed by atoms with Crippen molar-refractivity contribution >= 4 is 11.6 Å². The van der Waals surface area contributed by atoms with Gasteiger partial charge < -0.3 is 5.32 Å². The van der Waals surface area contributed by atoms with Gasteiger partial charge in [0.2, 0.25) is 5.91 Å². The van der Waals surface area contributed by atoms with E-state index < -0.39 is 0 Å². The minimum atomic E-state index is -0.388. The van der Waals surface area contributed by atoms with Gasteiger partial charge in [-0.15, -0.1) is 0 Å². The summed E-state index contributed by atoms with van der Waals surface area (Å²) < 4.78 is 5.99. The number of amides is 1. The molecule has 3 rings (SSSR count). The average Bonchev–Trinajstić information content (AvgIpc) is 3.10. The first-order chi connectivity index (χ1) is 11.8. The topological polar surface area (TPSA) is 118 Å². The minimum absolute atomic E-state index is 0.0508. The van der Waals surface area contributed by atoms with E-state index in [4.69, 9.17) is 0 Å². The molecule has 0 spiro atoms. The Labute approximate surface area is 143 Å². The highest BCUT2D eigenvalue weighted by Crippen LogP contribution is 2.20. The molecular weight excluding hydrogens is 324 g/mol. The second-order valence-electron chi connectivity index (χ2n) is 6.41. The summed E-state index contributed by atoms with van der Waals surface area (Å²) in [6, 6.07) is 2.84. The van der Waals surface area contributed by atoms with E-state index in [-0.39, 0.29) is 29.8 Å². The lowest BCUT2D eigenvalue weighted by Crippen LogP contribution is -2.34. The van der Waals surface area contributed by atoms with Crippen LogP contribution in [0, 0.1) is 19.8 Å². The number of carbonyl (C=O) groups is 1. The van der Waals surface area contributed by atoms with Gasteiger partial charge in [0.1, 0.15) is 11.4 Å². The van der Waals surface area contributed by atoms with Crippen LogP contribution in [0.3, 0.4) is 0 Å². The number of H-pyrrole nitrogens is 1. The van der Waals surface area contributed by atoms with Crippen LogP contribution in [-0.2, 0) is 11.2 Å². The van der Waals surface area contributed by atoms with Crippen molar-refractivity contribution in [2.24, 2.45) is 5.92 Å². The maximum Gasteiger partial charge on any atom is 0.272 e. The number of aromatic nitrogens is 5. The summed E-state index contributed by atoms with van der Waals surface area (Å²) in [5.41, 5.74) is 2.74. The molecule has 3 heterocycles. The minimum Gasteiger partial charge on any atom is -0.347 e. The molecule has 2 N–H and O–H groups in total. The number of aromatic amines is 1. The van der Waals surface area contributed by atoms with Crippen LogP contribution in [0.1, 0.15) is 42.7 Å². The maximum absolute atomic E-state index is 12.4. The van der Waals surface area contributed by atoms with Gasteiger partial charge in [0.25, 0.3) is 5.56 Å². The van der Waals surface area contributed by atoms with Crippen LogP contribution in [0.4, 0.5) is 0 Å². The number of nitrogens with zero attached hydrogens (tertiary/aromatic N) is 4. The van der Waals surface area contributed by atoms with E-state index in [1.165, 1.54) is 10.6 Å². The molecule has 0 radical (unpaired) electrons. The van der Waals surface area contributed by atoms with Gasteiger partial charge in [-0.25, -0.2) is 14.1 Å². The fourth-order valence-electron chi connectivity index (χ4n) is 2.66. The fourth-order valence-corrected chi connectivity index (χ4v) is 2.66. The predicted octanol–water partition coefficient (Wildman–Crippen LogP) is 1.08. The van der Waals surface area contributed by atoms with E-state index in [9.17, 15) is 9.59 Å². The third-order valence-electron chi connectivity index (χ3n) is 3.97. The van der Waals surface area contributed by atoms with Crippen LogP contribution in [-0.4, -0.2) is 30.8 Å². The first kappa shape index (κ1) is 16.9. The van der Waals surface area contributed by atoms with Crippen molar-refractivity contribution in [1.29, 1.82) is 0 Å². The van der Waals surface area contributed by atoms with Gasteiger partial charge in [0.15, 0.2) is 5.65 Å². The standard InChI is InChI=1S/C16H20N6O3/c1-8(2)16(18-14(23)6-11-10(4)20-25-21-11)12-7-15(24)22-13(17-12)5-9(3)19-22/h5,7-8,16,19H,6H2,1-4H3,(H,18,23)/t16-/m0/s1. The number of nitrogens with one attached hydrogen (secondary N) is 2. The second-order valence-corrected chi connectivity index (χ2v) is 6.41. The molecular formula is C16H20N6O3. The molecule has 0 aliphatic rings. The Morgan fingerprint density at radius 1 is 1.32 bits per heavy atom. The Kier molecular flexibility index (Phi) is 4.39. The zero-order chi connectivity index (χ0) is 18.1. The molecule has 0 saturated heterocycles. The Balaban J connectivity index is 1.87. The SMILES string of the molecule is Cc1cc2nc([C@@H](NC(=O)Cc3nonc3C)C(C)C)cc(=O)n2[nH]1. The largest absolute Gasteiger partial charge is 0.347 e. The molecule has 3 aromatic heterocycles. The Morgan fingerprint density at radius 3 is 2.72 bits per heavy atom. The first-order valence-electron chi connectivity index (χ1n) is 8.02. The molecule has 0 bridgehead atoms. The van der Waals surface area contributed by atoms with Gasteiger partial charge >= 0.3 is 0 Å². The molecule has 0 aliphatic heterocycles. The van der Waals surface area contributed by atoms with Crippen LogP contribution < -0.4 is 10.9 Å². The molecule has 0 fully saturated rings. The number of rotatable bonds is 5. The van der Waals surface area contributed by atoms with Crippen LogP contribution in [0.5, 0.6) is 0 Å². The normalized spacial score (nSPS) is 12.7. The number of hydrogen-bond acceptors (Lipinski definition) is 6. The van der Waals surface area contributed by atoms with E-state index in [2.05, 4.69) is 30.3 Å². The van der Waals surface area contributed by atoms with E-state index in [1.54, 1.807) is 13.0 Å². The van der Waals surface area contributed by atoms with Gasteiger partial charge in [-0.05, 0) is 19.8 Å². The monoisotopic (exact) mass is 344 g/mol. The molecule has 9 nitrogen and oxygen atoms in total. The lowest BCUT2D eigenvalue weighted by Gasteiger charge is -2.21. The summed E-state index contributed by atoms with van der Waals surface area (Å²) >= 11 is 0. The van der Waals surface area contributed by atoms with Crippen LogP contribution in [0.15, 0.2) is 21.6 Å². The fraction of sp³-hybridized carbons (Fsp3) is 0.438. The molecule has 0 unspecified atom stereocenters. The van der Waals surface area contributed by atoms with Gasteiger partial charge in [-0.1, -0.05) is 24.2 Å². The van der Waals surface area contributed by atoms with Gasteiger partial charge in [0, 0.05) is 17.8 Å². The number of carbonyl (C=O) groups excluding carboxylic acids is 1. The first-order valence-corrected chi connectivity index (χ1v) is 8.02. The zero-order valence-electron chi connectivity index (χ0n) is 14.5. The molecule has 0 aliphatic carbocycles. The smallest absolute Gasteiger partial charge is 0.272 e. The van der Waals surface area contributed by atoms with Crippen molar-refractivity contribution in [3.8, 4) is 0 Å². The van der Waals surface area contributed by atoms with Crippen molar-refractivity contribution in [2.45, 2.75) is 40.2 Å². The molecule has 25 heavy (non-hydrogen) atoms.